The van der Waals surface area contributed by atoms with Gasteiger partial charge in [-0.2, -0.15) is 0 Å². The highest BCUT2D eigenvalue weighted by molar-refractivity contribution is 4.88. The minimum Gasteiger partial charge on any atom is -0.394 e. The monoisotopic (exact) mass is 242 g/mol. The number of H-pyrrole nitrogens is 1. The van der Waals surface area contributed by atoms with Gasteiger partial charge in [0, 0.05) is 25.8 Å². The van der Waals surface area contributed by atoms with Crippen molar-refractivity contribution in [2.75, 3.05) is 13.7 Å². The summed E-state index contributed by atoms with van der Waals surface area (Å²) in [5, 5.41) is 9.10. The fourth-order valence-electron chi connectivity index (χ4n) is 1.94. The molecule has 1 fully saturated rings. The summed E-state index contributed by atoms with van der Waals surface area (Å²) in [4.78, 5) is 24.6. The lowest BCUT2D eigenvalue weighted by atomic mass is 10.2. The van der Waals surface area contributed by atoms with Crippen molar-refractivity contribution in [3.05, 3.63) is 33.1 Å². The summed E-state index contributed by atoms with van der Waals surface area (Å²) in [7, 11) is 1.52. The van der Waals surface area contributed by atoms with Crippen LogP contribution in [0.5, 0.6) is 0 Å². The molecule has 1 aromatic heterocycles. The molecule has 1 saturated heterocycles. The Morgan fingerprint density at radius 2 is 2.41 bits per heavy atom. The molecule has 2 N–H and O–H groups in total. The molecule has 0 bridgehead atoms. The van der Waals surface area contributed by atoms with Crippen molar-refractivity contribution in [3.63, 3.8) is 0 Å². The molecule has 0 saturated carbocycles. The Labute approximate surface area is 96.6 Å². The number of ether oxygens (including phenoxy) is 2. The normalized spacial score (nSPS) is 28.5. The van der Waals surface area contributed by atoms with Crippen molar-refractivity contribution in [2.45, 2.75) is 24.9 Å². The van der Waals surface area contributed by atoms with Crippen molar-refractivity contribution in [1.29, 1.82) is 0 Å². The summed E-state index contributed by atoms with van der Waals surface area (Å²) in [6, 6.07) is 1.25. The molecular weight excluding hydrogens is 228 g/mol. The minimum absolute atomic E-state index is 0.174. The van der Waals surface area contributed by atoms with Gasteiger partial charge in [0.05, 0.1) is 12.7 Å². The molecule has 0 spiro atoms. The third-order valence-corrected chi connectivity index (χ3v) is 2.82. The highest BCUT2D eigenvalue weighted by Crippen LogP contribution is 2.28. The van der Waals surface area contributed by atoms with Crippen LogP contribution in [0.3, 0.4) is 0 Å². The first-order valence-electron chi connectivity index (χ1n) is 5.26. The molecule has 2 rings (SSSR count). The van der Waals surface area contributed by atoms with Crippen molar-refractivity contribution in [2.24, 2.45) is 0 Å². The van der Waals surface area contributed by atoms with Gasteiger partial charge in [-0.1, -0.05) is 0 Å². The maximum absolute atomic E-state index is 11.5. The molecule has 0 radical (unpaired) electrons. The Balaban J connectivity index is 2.25. The standard InChI is InChI=1S/C10H14N2O5/c1-16-6-4-9(17-7(6)5-13)12-3-2-8(14)11-10(12)15/h2-3,6-7,9,13H,4-5H2,1H3,(H,11,14,15)/t6-,7+,9+/m0/s1. The van der Waals surface area contributed by atoms with Crippen LogP contribution in [0.2, 0.25) is 0 Å². The summed E-state index contributed by atoms with van der Waals surface area (Å²) < 4.78 is 11.9. The van der Waals surface area contributed by atoms with Crippen molar-refractivity contribution >= 4 is 0 Å². The quantitative estimate of drug-likeness (QED) is 0.696. The minimum atomic E-state index is -0.532. The van der Waals surface area contributed by atoms with E-state index >= 15 is 0 Å². The second kappa shape index (κ2) is 4.82. The Morgan fingerprint density at radius 3 is 2.94 bits per heavy atom. The molecule has 0 aliphatic carbocycles. The van der Waals surface area contributed by atoms with Gasteiger partial charge in [-0.05, 0) is 0 Å². The fraction of sp³-hybridized carbons (Fsp3) is 0.600. The summed E-state index contributed by atoms with van der Waals surface area (Å²) in [6.07, 6.45) is 0.584. The molecule has 2 heterocycles. The zero-order valence-corrected chi connectivity index (χ0v) is 9.33. The van der Waals surface area contributed by atoms with Gasteiger partial charge in [-0.15, -0.1) is 0 Å². The first kappa shape index (κ1) is 12.0. The fourth-order valence-corrected chi connectivity index (χ4v) is 1.94. The van der Waals surface area contributed by atoms with E-state index in [-0.39, 0.29) is 12.7 Å². The number of rotatable bonds is 3. The van der Waals surface area contributed by atoms with Gasteiger partial charge in [-0.25, -0.2) is 4.79 Å². The Morgan fingerprint density at radius 1 is 1.65 bits per heavy atom. The average Bonchev–Trinajstić information content (AvgIpc) is 2.72. The van der Waals surface area contributed by atoms with Crippen LogP contribution < -0.4 is 11.2 Å². The van der Waals surface area contributed by atoms with Crippen LogP contribution >= 0.6 is 0 Å². The molecule has 0 unspecified atom stereocenters. The Hall–Kier alpha value is -1.44. The lowest BCUT2D eigenvalue weighted by molar-refractivity contribution is -0.0535. The van der Waals surface area contributed by atoms with Gasteiger partial charge >= 0.3 is 5.69 Å². The van der Waals surface area contributed by atoms with E-state index in [0.717, 1.165) is 0 Å². The SMILES string of the molecule is CO[C@H]1C[C@H](n2ccc(=O)[nH]c2=O)O[C@@H]1CO. The van der Waals surface area contributed by atoms with Crippen LogP contribution in [0.25, 0.3) is 0 Å². The number of methoxy groups -OCH3 is 1. The van der Waals surface area contributed by atoms with E-state index in [1.54, 1.807) is 0 Å². The van der Waals surface area contributed by atoms with Crippen LogP contribution in [-0.2, 0) is 9.47 Å². The number of aromatic amines is 1. The smallest absolute Gasteiger partial charge is 0.330 e. The molecule has 7 nitrogen and oxygen atoms in total. The van der Waals surface area contributed by atoms with Crippen LogP contribution in [0, 0.1) is 0 Å². The molecule has 7 heteroatoms. The molecule has 1 aliphatic rings. The molecule has 3 atom stereocenters. The third kappa shape index (κ3) is 2.31. The predicted molar refractivity (Wildman–Crippen MR) is 57.7 cm³/mol. The van der Waals surface area contributed by atoms with E-state index in [1.807, 2.05) is 0 Å². The average molecular weight is 242 g/mol. The zero-order valence-electron chi connectivity index (χ0n) is 9.33. The van der Waals surface area contributed by atoms with Gasteiger partial charge in [0.1, 0.15) is 12.3 Å². The predicted octanol–water partition coefficient (Wildman–Crippen LogP) is -1.17. The topological polar surface area (TPSA) is 93.6 Å². The van der Waals surface area contributed by atoms with Crippen molar-refractivity contribution < 1.29 is 14.6 Å². The summed E-state index contributed by atoms with van der Waals surface area (Å²) >= 11 is 0. The third-order valence-electron chi connectivity index (χ3n) is 2.82. The molecule has 0 amide bonds. The maximum Gasteiger partial charge on any atom is 0.330 e. The van der Waals surface area contributed by atoms with Crippen LogP contribution in [0.1, 0.15) is 12.6 Å². The van der Waals surface area contributed by atoms with E-state index in [4.69, 9.17) is 14.6 Å². The first-order valence-corrected chi connectivity index (χ1v) is 5.26. The maximum atomic E-state index is 11.5. The largest absolute Gasteiger partial charge is 0.394 e. The number of aromatic nitrogens is 2. The molecule has 17 heavy (non-hydrogen) atoms. The van der Waals surface area contributed by atoms with Crippen molar-refractivity contribution in [1.82, 2.24) is 9.55 Å². The first-order chi connectivity index (χ1) is 8.15. The Bertz CT molecular complexity index is 482. The second-order valence-electron chi connectivity index (χ2n) is 3.84. The van der Waals surface area contributed by atoms with Gasteiger partial charge in [0.15, 0.2) is 0 Å². The Kier molecular flexibility index (Phi) is 3.41. The number of aliphatic hydroxyl groups is 1. The van der Waals surface area contributed by atoms with Gasteiger partial charge in [0.25, 0.3) is 5.56 Å². The van der Waals surface area contributed by atoms with E-state index in [2.05, 4.69) is 4.98 Å². The van der Waals surface area contributed by atoms with E-state index in [1.165, 1.54) is 23.9 Å². The number of nitrogens with zero attached hydrogens (tertiary/aromatic N) is 1. The second-order valence-corrected chi connectivity index (χ2v) is 3.84. The lowest BCUT2D eigenvalue weighted by Gasteiger charge is -2.14. The summed E-state index contributed by atoms with van der Waals surface area (Å²) in [6.45, 7) is -0.174. The number of hydrogen-bond donors (Lipinski definition) is 2. The summed E-state index contributed by atoms with van der Waals surface area (Å²) in [5.74, 6) is 0. The van der Waals surface area contributed by atoms with Crippen LogP contribution in [0.15, 0.2) is 21.9 Å². The van der Waals surface area contributed by atoms with E-state index in [9.17, 15) is 9.59 Å². The molecule has 94 valence electrons. The van der Waals surface area contributed by atoms with Gasteiger partial charge in [-0.3, -0.25) is 14.3 Å². The van der Waals surface area contributed by atoms with Gasteiger partial charge in [0.2, 0.25) is 0 Å². The lowest BCUT2D eigenvalue weighted by Crippen LogP contribution is -2.31. The highest BCUT2D eigenvalue weighted by atomic mass is 16.6. The van der Waals surface area contributed by atoms with Crippen molar-refractivity contribution in [3.8, 4) is 0 Å². The molecule has 1 aliphatic heterocycles. The van der Waals surface area contributed by atoms with Crippen LogP contribution in [0.4, 0.5) is 0 Å². The number of hydrogen-bond acceptors (Lipinski definition) is 5. The summed E-state index contributed by atoms with van der Waals surface area (Å²) in [5.41, 5.74) is -0.984. The van der Waals surface area contributed by atoms with E-state index in [0.29, 0.717) is 6.42 Å². The van der Waals surface area contributed by atoms with E-state index < -0.39 is 23.6 Å². The van der Waals surface area contributed by atoms with Gasteiger partial charge < -0.3 is 14.6 Å². The molecular formula is C10H14N2O5. The number of nitrogens with one attached hydrogen (secondary N) is 1. The molecule has 1 aromatic rings. The highest BCUT2D eigenvalue weighted by Gasteiger charge is 2.36. The zero-order chi connectivity index (χ0) is 12.4. The molecule has 0 aromatic carbocycles. The van der Waals surface area contributed by atoms with Crippen LogP contribution in [-0.4, -0.2) is 40.6 Å². The number of aliphatic hydroxyl groups excluding tert-OH is 1.